The van der Waals surface area contributed by atoms with Gasteiger partial charge in [-0.1, -0.05) is 42.0 Å². The van der Waals surface area contributed by atoms with Crippen LogP contribution in [-0.2, 0) is 9.84 Å². The number of aryl methyl sites for hydroxylation is 1. The van der Waals surface area contributed by atoms with E-state index in [4.69, 9.17) is 0 Å². The first-order valence-corrected chi connectivity index (χ1v) is 10.1. The van der Waals surface area contributed by atoms with Crippen molar-refractivity contribution in [1.82, 2.24) is 10.3 Å². The zero-order valence-electron chi connectivity index (χ0n) is 14.9. The van der Waals surface area contributed by atoms with E-state index in [-0.39, 0.29) is 17.3 Å². The van der Waals surface area contributed by atoms with Crippen LogP contribution in [0.25, 0.3) is 0 Å². The highest BCUT2D eigenvalue weighted by Crippen LogP contribution is 2.28. The lowest BCUT2D eigenvalue weighted by atomic mass is 10.1. The molecule has 0 saturated heterocycles. The Morgan fingerprint density at radius 3 is 2.33 bits per heavy atom. The molecule has 6 heteroatoms. The first-order valence-electron chi connectivity index (χ1n) is 8.52. The van der Waals surface area contributed by atoms with Crippen molar-refractivity contribution in [3.63, 3.8) is 0 Å². The Bertz CT molecular complexity index is 1000. The highest BCUT2D eigenvalue weighted by molar-refractivity contribution is 7.91. The Kier molecular flexibility index (Phi) is 5.66. The number of benzene rings is 2. The van der Waals surface area contributed by atoms with Crippen LogP contribution in [-0.4, -0.2) is 25.9 Å². The van der Waals surface area contributed by atoms with Gasteiger partial charge in [0.05, 0.1) is 4.90 Å². The molecule has 1 N–H and O–H groups in total. The van der Waals surface area contributed by atoms with Crippen LogP contribution in [0.4, 0.5) is 0 Å². The Morgan fingerprint density at radius 1 is 1.00 bits per heavy atom. The zero-order chi connectivity index (χ0) is 19.3. The number of rotatable bonds is 6. The number of carbonyl (C=O) groups excluding carboxylic acids is 1. The van der Waals surface area contributed by atoms with Crippen LogP contribution in [0.2, 0.25) is 0 Å². The smallest absolute Gasteiger partial charge is 0.251 e. The van der Waals surface area contributed by atoms with E-state index in [1.54, 1.807) is 60.8 Å². The molecular weight excluding hydrogens is 360 g/mol. The molecule has 3 rings (SSSR count). The summed E-state index contributed by atoms with van der Waals surface area (Å²) in [5.74, 6) is -0.313. The van der Waals surface area contributed by atoms with E-state index in [9.17, 15) is 13.2 Å². The van der Waals surface area contributed by atoms with Crippen molar-refractivity contribution in [3.8, 4) is 0 Å². The van der Waals surface area contributed by atoms with Gasteiger partial charge in [-0.3, -0.25) is 9.78 Å². The van der Waals surface area contributed by atoms with Crippen LogP contribution in [0.5, 0.6) is 0 Å². The van der Waals surface area contributed by atoms with Crippen molar-refractivity contribution in [2.24, 2.45) is 0 Å². The van der Waals surface area contributed by atoms with Crippen molar-refractivity contribution < 1.29 is 13.2 Å². The van der Waals surface area contributed by atoms with Crippen molar-refractivity contribution >= 4 is 15.7 Å². The first-order chi connectivity index (χ1) is 13.0. The van der Waals surface area contributed by atoms with Gasteiger partial charge in [0.15, 0.2) is 9.84 Å². The van der Waals surface area contributed by atoms with Gasteiger partial charge >= 0.3 is 0 Å². The molecule has 0 saturated carbocycles. The first kappa shape index (κ1) is 18.8. The minimum atomic E-state index is -3.69. The normalized spacial score (nSPS) is 12.3. The monoisotopic (exact) mass is 380 g/mol. The molecule has 1 atom stereocenters. The number of aromatic nitrogens is 1. The van der Waals surface area contributed by atoms with Gasteiger partial charge in [-0.15, -0.1) is 0 Å². The van der Waals surface area contributed by atoms with Gasteiger partial charge in [0.1, 0.15) is 5.25 Å². The fraction of sp³-hybridized carbons (Fsp3) is 0.143. The average Bonchev–Trinajstić information content (AvgIpc) is 2.70. The number of hydrogen-bond donors (Lipinski definition) is 1. The maximum atomic E-state index is 13.1. The summed E-state index contributed by atoms with van der Waals surface area (Å²) >= 11 is 0. The maximum absolute atomic E-state index is 13.1. The molecule has 0 aliphatic rings. The molecule has 3 aromatic rings. The van der Waals surface area contributed by atoms with Gasteiger partial charge in [0.2, 0.25) is 0 Å². The second-order valence-electron chi connectivity index (χ2n) is 6.21. The van der Waals surface area contributed by atoms with E-state index in [0.717, 1.165) is 5.56 Å². The van der Waals surface area contributed by atoms with E-state index in [2.05, 4.69) is 10.3 Å². The lowest BCUT2D eigenvalue weighted by Gasteiger charge is -2.19. The standard InChI is InChI=1S/C21H20N2O3S/c1-16-9-11-17(12-10-16)21(24)23-15-20(18-6-5-13-22-14-18)27(25,26)19-7-3-2-4-8-19/h2-14,20H,15H2,1H3,(H,23,24)/t20-/m0/s1. The van der Waals surface area contributed by atoms with E-state index in [1.165, 1.54) is 6.20 Å². The van der Waals surface area contributed by atoms with Crippen LogP contribution in [0.3, 0.4) is 0 Å². The summed E-state index contributed by atoms with van der Waals surface area (Å²) in [5.41, 5.74) is 2.07. The predicted molar refractivity (Wildman–Crippen MR) is 104 cm³/mol. The topological polar surface area (TPSA) is 76.1 Å². The fourth-order valence-corrected chi connectivity index (χ4v) is 4.41. The molecular formula is C21H20N2O3S. The predicted octanol–water partition coefficient (Wildman–Crippen LogP) is 3.34. The molecule has 138 valence electrons. The van der Waals surface area contributed by atoms with Crippen LogP contribution < -0.4 is 5.32 Å². The molecule has 5 nitrogen and oxygen atoms in total. The van der Waals surface area contributed by atoms with Gasteiger partial charge in [-0.2, -0.15) is 0 Å². The molecule has 1 heterocycles. The Labute approximate surface area is 159 Å². The molecule has 0 radical (unpaired) electrons. The molecule has 0 fully saturated rings. The summed E-state index contributed by atoms with van der Waals surface area (Å²) in [6.45, 7) is 1.89. The third kappa shape index (κ3) is 4.41. The van der Waals surface area contributed by atoms with Gasteiger partial charge in [-0.05, 0) is 42.8 Å². The summed E-state index contributed by atoms with van der Waals surface area (Å²) < 4.78 is 26.3. The van der Waals surface area contributed by atoms with Crippen LogP contribution in [0, 0.1) is 6.92 Å². The summed E-state index contributed by atoms with van der Waals surface area (Å²) in [7, 11) is -3.69. The molecule has 1 amide bonds. The van der Waals surface area contributed by atoms with E-state index < -0.39 is 15.1 Å². The minimum Gasteiger partial charge on any atom is -0.350 e. The molecule has 1 aromatic heterocycles. The Hall–Kier alpha value is -2.99. The van der Waals surface area contributed by atoms with Crippen molar-refractivity contribution in [2.75, 3.05) is 6.54 Å². The van der Waals surface area contributed by atoms with Gasteiger partial charge in [0, 0.05) is 24.5 Å². The number of nitrogens with one attached hydrogen (secondary N) is 1. The molecule has 0 aliphatic carbocycles. The van der Waals surface area contributed by atoms with Crippen molar-refractivity contribution in [2.45, 2.75) is 17.1 Å². The van der Waals surface area contributed by atoms with Crippen molar-refractivity contribution in [1.29, 1.82) is 0 Å². The largest absolute Gasteiger partial charge is 0.350 e. The van der Waals surface area contributed by atoms with E-state index in [1.807, 2.05) is 19.1 Å². The van der Waals surface area contributed by atoms with E-state index in [0.29, 0.717) is 11.1 Å². The fourth-order valence-electron chi connectivity index (χ4n) is 2.74. The molecule has 2 aromatic carbocycles. The summed E-state index contributed by atoms with van der Waals surface area (Å²) in [4.78, 5) is 16.7. The molecule has 0 unspecified atom stereocenters. The highest BCUT2D eigenvalue weighted by Gasteiger charge is 2.29. The minimum absolute atomic E-state index is 0.0460. The zero-order valence-corrected chi connectivity index (χ0v) is 15.7. The average molecular weight is 380 g/mol. The summed E-state index contributed by atoms with van der Waals surface area (Å²) in [6, 6.07) is 18.7. The number of amides is 1. The van der Waals surface area contributed by atoms with Crippen molar-refractivity contribution in [3.05, 3.63) is 95.8 Å². The highest BCUT2D eigenvalue weighted by atomic mass is 32.2. The number of nitrogens with zero attached hydrogens (tertiary/aromatic N) is 1. The Morgan fingerprint density at radius 2 is 1.70 bits per heavy atom. The van der Waals surface area contributed by atoms with Gasteiger partial charge in [0.25, 0.3) is 5.91 Å². The van der Waals surface area contributed by atoms with Crippen LogP contribution >= 0.6 is 0 Å². The molecule has 0 spiro atoms. The van der Waals surface area contributed by atoms with Crippen LogP contribution in [0.15, 0.2) is 84.0 Å². The van der Waals surface area contributed by atoms with Gasteiger partial charge in [-0.25, -0.2) is 8.42 Å². The maximum Gasteiger partial charge on any atom is 0.251 e. The summed E-state index contributed by atoms with van der Waals surface area (Å²) in [6.07, 6.45) is 3.10. The number of carbonyl (C=O) groups is 1. The van der Waals surface area contributed by atoms with Crippen LogP contribution in [0.1, 0.15) is 26.7 Å². The number of sulfone groups is 1. The Balaban J connectivity index is 1.87. The molecule has 0 aliphatic heterocycles. The quantitative estimate of drug-likeness (QED) is 0.712. The number of pyridine rings is 1. The summed E-state index contributed by atoms with van der Waals surface area (Å²) in [5, 5.41) is 1.82. The third-order valence-electron chi connectivity index (χ3n) is 4.26. The molecule has 27 heavy (non-hydrogen) atoms. The van der Waals surface area contributed by atoms with Gasteiger partial charge < -0.3 is 5.32 Å². The lowest BCUT2D eigenvalue weighted by molar-refractivity contribution is 0.0953. The lowest BCUT2D eigenvalue weighted by Crippen LogP contribution is -2.32. The van der Waals surface area contributed by atoms with E-state index >= 15 is 0 Å². The third-order valence-corrected chi connectivity index (χ3v) is 6.38. The SMILES string of the molecule is Cc1ccc(C(=O)NC[C@@H](c2cccnc2)S(=O)(=O)c2ccccc2)cc1. The number of hydrogen-bond acceptors (Lipinski definition) is 4. The second-order valence-corrected chi connectivity index (χ2v) is 8.34. The molecule has 0 bridgehead atoms. The second kappa shape index (κ2) is 8.14.